The maximum Gasteiger partial charge on any atom is 0.331 e. The monoisotopic (exact) mass is 516 g/mol. The van der Waals surface area contributed by atoms with Crippen LogP contribution < -0.4 is 10.6 Å². The van der Waals surface area contributed by atoms with E-state index in [2.05, 4.69) is 60.0 Å². The number of aliphatic hydroxyl groups is 1. The van der Waals surface area contributed by atoms with Gasteiger partial charge in [-0.05, 0) is 86.9 Å². The van der Waals surface area contributed by atoms with E-state index in [9.17, 15) is 14.7 Å². The van der Waals surface area contributed by atoms with Crippen molar-refractivity contribution in [3.8, 4) is 0 Å². The van der Waals surface area contributed by atoms with Crippen LogP contribution >= 0.6 is 0 Å². The number of ether oxygens (including phenoxy) is 1. The molecule has 0 spiro atoms. The number of hydrogen-bond donors (Lipinski definition) is 3. The number of esters is 1. The summed E-state index contributed by atoms with van der Waals surface area (Å²) < 4.78 is 5.29. The summed E-state index contributed by atoms with van der Waals surface area (Å²) in [6, 6.07) is 22.2. The molecule has 0 heterocycles. The maximum atomic E-state index is 12.7. The third-order valence-electron chi connectivity index (χ3n) is 7.27. The van der Waals surface area contributed by atoms with Crippen molar-refractivity contribution >= 4 is 22.6 Å². The van der Waals surface area contributed by atoms with Crippen LogP contribution in [0.3, 0.4) is 0 Å². The van der Waals surface area contributed by atoms with Crippen LogP contribution in [0.25, 0.3) is 10.8 Å². The zero-order valence-electron chi connectivity index (χ0n) is 22.9. The van der Waals surface area contributed by atoms with Crippen LogP contribution in [0, 0.1) is 0 Å². The van der Waals surface area contributed by atoms with Crippen molar-refractivity contribution in [2.24, 2.45) is 0 Å². The number of benzene rings is 3. The molecule has 4 atom stereocenters. The molecule has 4 rings (SSSR count). The van der Waals surface area contributed by atoms with Crippen LogP contribution in [-0.4, -0.2) is 41.3 Å². The lowest BCUT2D eigenvalue weighted by molar-refractivity contribution is -0.158. The molecular formula is C32H40N2O4. The molecule has 6 nitrogen and oxygen atoms in total. The normalized spacial score (nSPS) is 19.5. The van der Waals surface area contributed by atoms with Crippen LogP contribution in [0.15, 0.2) is 66.7 Å². The summed E-state index contributed by atoms with van der Waals surface area (Å²) in [5.41, 5.74) is 2.30. The van der Waals surface area contributed by atoms with Crippen molar-refractivity contribution in [3.05, 3.63) is 83.4 Å². The highest BCUT2D eigenvalue weighted by Crippen LogP contribution is 2.34. The molecule has 0 aliphatic heterocycles. The smallest absolute Gasteiger partial charge is 0.331 e. The lowest BCUT2D eigenvalue weighted by Crippen LogP contribution is -2.46. The Bertz CT molecular complexity index is 1240. The van der Waals surface area contributed by atoms with Crippen molar-refractivity contribution in [2.45, 2.75) is 83.0 Å². The SMILES string of the molecule is CC(N[C@H]1CCC[C@H](c2ccc(C(=O)N[C@@H](CO)C(=O)OC(C)(C)C)cc2)C1)c1cccc2ccccc12. The van der Waals surface area contributed by atoms with Crippen LogP contribution in [0.5, 0.6) is 0 Å². The summed E-state index contributed by atoms with van der Waals surface area (Å²) in [6.45, 7) is 6.96. The molecule has 38 heavy (non-hydrogen) atoms. The Morgan fingerprint density at radius 1 is 1.00 bits per heavy atom. The number of amides is 1. The molecule has 1 aliphatic rings. The summed E-state index contributed by atoms with van der Waals surface area (Å²) in [4.78, 5) is 25.0. The fourth-order valence-electron chi connectivity index (χ4n) is 5.42. The van der Waals surface area contributed by atoms with Gasteiger partial charge in [0.25, 0.3) is 5.91 Å². The van der Waals surface area contributed by atoms with Gasteiger partial charge in [0.1, 0.15) is 5.60 Å². The Balaban J connectivity index is 1.37. The van der Waals surface area contributed by atoms with Gasteiger partial charge in [-0.2, -0.15) is 0 Å². The second-order valence-electron chi connectivity index (χ2n) is 11.4. The predicted octanol–water partition coefficient (Wildman–Crippen LogP) is 5.65. The average molecular weight is 517 g/mol. The van der Waals surface area contributed by atoms with E-state index in [1.54, 1.807) is 32.9 Å². The highest BCUT2D eigenvalue weighted by Gasteiger charge is 2.27. The fraction of sp³-hybridized carbons (Fsp3) is 0.438. The number of aliphatic hydroxyl groups excluding tert-OH is 1. The molecule has 202 valence electrons. The molecule has 0 aromatic heterocycles. The molecule has 0 saturated heterocycles. The molecule has 1 unspecified atom stereocenters. The van der Waals surface area contributed by atoms with Crippen LogP contribution in [0.1, 0.15) is 86.8 Å². The summed E-state index contributed by atoms with van der Waals surface area (Å²) in [5, 5.41) is 18.6. The van der Waals surface area contributed by atoms with Crippen molar-refractivity contribution in [1.82, 2.24) is 10.6 Å². The van der Waals surface area contributed by atoms with E-state index in [1.165, 1.54) is 21.9 Å². The van der Waals surface area contributed by atoms with Gasteiger partial charge in [0.2, 0.25) is 0 Å². The molecule has 3 N–H and O–H groups in total. The van der Waals surface area contributed by atoms with E-state index in [1.807, 2.05) is 12.1 Å². The van der Waals surface area contributed by atoms with Gasteiger partial charge in [-0.1, -0.05) is 61.0 Å². The third-order valence-corrected chi connectivity index (χ3v) is 7.27. The lowest BCUT2D eigenvalue weighted by atomic mass is 9.80. The van der Waals surface area contributed by atoms with Gasteiger partial charge < -0.3 is 20.5 Å². The number of carbonyl (C=O) groups excluding carboxylic acids is 2. The number of rotatable bonds is 8. The topological polar surface area (TPSA) is 87.7 Å². The molecular weight excluding hydrogens is 476 g/mol. The minimum absolute atomic E-state index is 0.250. The van der Waals surface area contributed by atoms with Crippen molar-refractivity contribution in [3.63, 3.8) is 0 Å². The standard InChI is InChI=1S/C32H40N2O4/c1-21(27-14-8-10-23-9-5-6-13-28(23)27)33-26-12-7-11-25(19-26)22-15-17-24(18-16-22)30(36)34-29(20-35)31(37)38-32(2,3)4/h5-6,8-10,13-18,21,25-26,29,33,35H,7,11-12,19-20H2,1-4H3,(H,34,36)/t21?,25-,26-,29-/m0/s1. The van der Waals surface area contributed by atoms with Gasteiger partial charge in [-0.3, -0.25) is 4.79 Å². The summed E-state index contributed by atoms with van der Waals surface area (Å²) in [7, 11) is 0. The number of hydrogen-bond acceptors (Lipinski definition) is 5. The van der Waals surface area contributed by atoms with Gasteiger partial charge in [-0.15, -0.1) is 0 Å². The van der Waals surface area contributed by atoms with E-state index in [4.69, 9.17) is 4.74 Å². The van der Waals surface area contributed by atoms with Crippen molar-refractivity contribution in [2.75, 3.05) is 6.61 Å². The molecule has 3 aromatic rings. The lowest BCUT2D eigenvalue weighted by Gasteiger charge is -2.32. The molecule has 0 bridgehead atoms. The van der Waals surface area contributed by atoms with E-state index >= 15 is 0 Å². The Morgan fingerprint density at radius 3 is 2.42 bits per heavy atom. The molecule has 3 aromatic carbocycles. The highest BCUT2D eigenvalue weighted by atomic mass is 16.6. The van der Waals surface area contributed by atoms with E-state index < -0.39 is 30.1 Å². The molecule has 0 radical (unpaired) electrons. The number of nitrogens with one attached hydrogen (secondary N) is 2. The van der Waals surface area contributed by atoms with E-state index in [0.717, 1.165) is 25.7 Å². The van der Waals surface area contributed by atoms with Gasteiger partial charge in [0.05, 0.1) is 6.61 Å². The maximum absolute atomic E-state index is 12.7. The average Bonchev–Trinajstić information content (AvgIpc) is 2.90. The minimum atomic E-state index is -1.10. The first-order valence-electron chi connectivity index (χ1n) is 13.6. The summed E-state index contributed by atoms with van der Waals surface area (Å²) >= 11 is 0. The quantitative estimate of drug-likeness (QED) is 0.337. The molecule has 1 aliphatic carbocycles. The van der Waals surface area contributed by atoms with Gasteiger partial charge >= 0.3 is 5.97 Å². The van der Waals surface area contributed by atoms with Crippen molar-refractivity contribution < 1.29 is 19.4 Å². The number of fused-ring (bicyclic) bond motifs is 1. The number of carbonyl (C=O) groups is 2. The van der Waals surface area contributed by atoms with Gasteiger partial charge in [0, 0.05) is 17.6 Å². The Kier molecular flexibility index (Phi) is 8.85. The van der Waals surface area contributed by atoms with Crippen LogP contribution in [0.2, 0.25) is 0 Å². The Morgan fingerprint density at radius 2 is 1.71 bits per heavy atom. The summed E-state index contributed by atoms with van der Waals surface area (Å²) in [6.07, 6.45) is 4.48. The zero-order valence-corrected chi connectivity index (χ0v) is 22.9. The van der Waals surface area contributed by atoms with Crippen LogP contribution in [0.4, 0.5) is 0 Å². The predicted molar refractivity (Wildman–Crippen MR) is 151 cm³/mol. The highest BCUT2D eigenvalue weighted by molar-refractivity contribution is 5.96. The Hall–Kier alpha value is -3.22. The second kappa shape index (κ2) is 12.1. The molecule has 6 heteroatoms. The third kappa shape index (κ3) is 7.00. The first-order valence-corrected chi connectivity index (χ1v) is 13.6. The van der Waals surface area contributed by atoms with E-state index in [0.29, 0.717) is 17.5 Å². The molecule has 1 amide bonds. The summed E-state index contributed by atoms with van der Waals surface area (Å²) in [5.74, 6) is -0.637. The first kappa shape index (κ1) is 27.8. The van der Waals surface area contributed by atoms with E-state index in [-0.39, 0.29) is 6.04 Å². The van der Waals surface area contributed by atoms with Crippen molar-refractivity contribution in [1.29, 1.82) is 0 Å². The first-order chi connectivity index (χ1) is 18.1. The molecule has 1 saturated carbocycles. The van der Waals surface area contributed by atoms with Crippen LogP contribution in [-0.2, 0) is 9.53 Å². The molecule has 1 fully saturated rings. The fourth-order valence-corrected chi connectivity index (χ4v) is 5.42. The van der Waals surface area contributed by atoms with Gasteiger partial charge in [0.15, 0.2) is 6.04 Å². The second-order valence-corrected chi connectivity index (χ2v) is 11.4. The zero-order chi connectivity index (χ0) is 27.3. The Labute approximate surface area is 225 Å². The minimum Gasteiger partial charge on any atom is -0.458 e. The largest absolute Gasteiger partial charge is 0.458 e. The van der Waals surface area contributed by atoms with Gasteiger partial charge in [-0.25, -0.2) is 4.79 Å².